The molecule has 0 spiro atoms. The number of aryl methyl sites for hydroxylation is 1. The quantitative estimate of drug-likeness (QED) is 0.636. The monoisotopic (exact) mass is 425 g/mol. The van der Waals surface area contributed by atoms with Crippen molar-refractivity contribution in [2.45, 2.75) is 31.1 Å². The fourth-order valence-corrected chi connectivity index (χ4v) is 5.27. The number of ketones is 1. The van der Waals surface area contributed by atoms with E-state index >= 15 is 0 Å². The van der Waals surface area contributed by atoms with E-state index in [4.69, 9.17) is 0 Å². The van der Waals surface area contributed by atoms with Gasteiger partial charge in [-0.2, -0.15) is 4.31 Å². The Morgan fingerprint density at radius 1 is 0.933 bits per heavy atom. The van der Waals surface area contributed by atoms with Crippen molar-refractivity contribution >= 4 is 15.8 Å². The minimum absolute atomic E-state index is 0.0468. The van der Waals surface area contributed by atoms with Gasteiger partial charge in [0.1, 0.15) is 5.56 Å². The molecule has 1 fully saturated rings. The van der Waals surface area contributed by atoms with Crippen LogP contribution < -0.4 is 5.56 Å². The van der Waals surface area contributed by atoms with Crippen molar-refractivity contribution in [1.29, 1.82) is 0 Å². The second kappa shape index (κ2) is 8.04. The molecule has 7 nitrogen and oxygen atoms in total. The number of carbonyl (C=O) groups excluding carboxylic acids is 1. The minimum atomic E-state index is -3.57. The molecule has 3 aromatic rings. The molecule has 4 rings (SSSR count). The van der Waals surface area contributed by atoms with Crippen molar-refractivity contribution in [3.05, 3.63) is 81.8 Å². The molecule has 30 heavy (non-hydrogen) atoms. The Hall–Kier alpha value is -2.97. The van der Waals surface area contributed by atoms with E-state index in [1.54, 1.807) is 31.2 Å². The number of hydrogen-bond acceptors (Lipinski definition) is 4. The molecule has 0 aliphatic carbocycles. The molecule has 0 unspecified atom stereocenters. The van der Waals surface area contributed by atoms with Crippen LogP contribution in [0.1, 0.15) is 40.9 Å². The number of nitrogens with zero attached hydrogens (tertiary/aromatic N) is 2. The van der Waals surface area contributed by atoms with Gasteiger partial charge in [0.25, 0.3) is 5.56 Å². The fraction of sp³-hybridized carbons (Fsp3) is 0.273. The van der Waals surface area contributed by atoms with E-state index in [9.17, 15) is 18.0 Å². The van der Waals surface area contributed by atoms with Gasteiger partial charge in [0.2, 0.25) is 10.0 Å². The smallest absolute Gasteiger partial charge is 0.282 e. The first-order chi connectivity index (χ1) is 14.4. The summed E-state index contributed by atoms with van der Waals surface area (Å²) < 4.78 is 28.4. The van der Waals surface area contributed by atoms with E-state index in [0.717, 1.165) is 19.3 Å². The van der Waals surface area contributed by atoms with Gasteiger partial charge >= 0.3 is 0 Å². The predicted molar refractivity (Wildman–Crippen MR) is 114 cm³/mol. The number of H-pyrrole nitrogens is 1. The molecule has 2 heterocycles. The van der Waals surface area contributed by atoms with Crippen LogP contribution in [0.25, 0.3) is 5.69 Å². The SMILES string of the molecule is Cc1[nH]n(-c2ccccc2)c(=O)c1C(=O)c1ccc(S(=O)(=O)N2CCCCC2)cc1. The number of rotatable bonds is 5. The standard InChI is InChI=1S/C22H23N3O4S/c1-16-20(22(27)25(23-16)18-8-4-2-5-9-18)21(26)17-10-12-19(13-11-17)30(28,29)24-14-6-3-7-15-24/h2,4-5,8-13,23H,3,6-7,14-15H2,1H3. The van der Waals surface area contributed by atoms with Crippen LogP contribution in [-0.2, 0) is 10.0 Å². The maximum absolute atomic E-state index is 13.0. The third-order valence-electron chi connectivity index (χ3n) is 5.38. The van der Waals surface area contributed by atoms with Crippen LogP contribution in [0.15, 0.2) is 64.3 Å². The molecule has 0 radical (unpaired) electrons. The van der Waals surface area contributed by atoms with E-state index in [0.29, 0.717) is 24.5 Å². The van der Waals surface area contributed by atoms with Gasteiger partial charge in [-0.15, -0.1) is 0 Å². The number of aromatic nitrogens is 2. The van der Waals surface area contributed by atoms with Crippen LogP contribution in [-0.4, -0.2) is 41.4 Å². The van der Waals surface area contributed by atoms with Crippen molar-refractivity contribution in [1.82, 2.24) is 14.1 Å². The zero-order valence-corrected chi connectivity index (χ0v) is 17.5. The van der Waals surface area contributed by atoms with Crippen LogP contribution >= 0.6 is 0 Å². The average Bonchev–Trinajstić information content (AvgIpc) is 3.08. The number of carbonyl (C=O) groups is 1. The van der Waals surface area contributed by atoms with Crippen LogP contribution in [0.2, 0.25) is 0 Å². The number of piperidine rings is 1. The summed E-state index contributed by atoms with van der Waals surface area (Å²) in [5.41, 5.74) is 0.970. The molecular weight excluding hydrogens is 402 g/mol. The van der Waals surface area contributed by atoms with Crippen LogP contribution in [0.3, 0.4) is 0 Å². The third kappa shape index (κ3) is 3.64. The summed E-state index contributed by atoms with van der Waals surface area (Å²) in [5.74, 6) is -0.439. The van der Waals surface area contributed by atoms with Crippen molar-refractivity contribution in [3.8, 4) is 5.69 Å². The lowest BCUT2D eigenvalue weighted by Crippen LogP contribution is -2.35. The molecule has 2 aromatic carbocycles. The van der Waals surface area contributed by atoms with E-state index in [1.165, 1.54) is 33.3 Å². The van der Waals surface area contributed by atoms with Crippen molar-refractivity contribution in [3.63, 3.8) is 0 Å². The topological polar surface area (TPSA) is 92.2 Å². The normalized spacial score (nSPS) is 15.2. The van der Waals surface area contributed by atoms with Gasteiger partial charge in [-0.25, -0.2) is 13.1 Å². The van der Waals surface area contributed by atoms with Gasteiger partial charge in [-0.1, -0.05) is 24.6 Å². The van der Waals surface area contributed by atoms with Crippen molar-refractivity contribution < 1.29 is 13.2 Å². The Morgan fingerprint density at radius 2 is 1.57 bits per heavy atom. The number of hydrogen-bond donors (Lipinski definition) is 1. The summed E-state index contributed by atoms with van der Waals surface area (Å²) in [7, 11) is -3.57. The Balaban J connectivity index is 1.64. The van der Waals surface area contributed by atoms with E-state index < -0.39 is 21.4 Å². The Morgan fingerprint density at radius 3 is 2.20 bits per heavy atom. The average molecular weight is 426 g/mol. The van der Waals surface area contributed by atoms with E-state index in [1.807, 2.05) is 6.07 Å². The van der Waals surface area contributed by atoms with Crippen molar-refractivity contribution in [2.75, 3.05) is 13.1 Å². The fourth-order valence-electron chi connectivity index (χ4n) is 3.75. The van der Waals surface area contributed by atoms with Gasteiger partial charge in [-0.05, 0) is 56.2 Å². The molecule has 0 saturated carbocycles. The van der Waals surface area contributed by atoms with Gasteiger partial charge in [0.15, 0.2) is 5.78 Å². The van der Waals surface area contributed by atoms with Crippen molar-refractivity contribution in [2.24, 2.45) is 0 Å². The number of para-hydroxylation sites is 1. The first-order valence-electron chi connectivity index (χ1n) is 9.91. The summed E-state index contributed by atoms with van der Waals surface area (Å²) in [4.78, 5) is 26.0. The molecule has 1 saturated heterocycles. The van der Waals surface area contributed by atoms with Crippen LogP contribution in [0, 0.1) is 6.92 Å². The highest BCUT2D eigenvalue weighted by Gasteiger charge is 2.27. The lowest BCUT2D eigenvalue weighted by molar-refractivity contribution is 0.103. The molecule has 1 aromatic heterocycles. The van der Waals surface area contributed by atoms with Crippen LogP contribution in [0.4, 0.5) is 0 Å². The Labute approximate surface area is 175 Å². The lowest BCUT2D eigenvalue weighted by Gasteiger charge is -2.25. The summed E-state index contributed by atoms with van der Waals surface area (Å²) in [5, 5.41) is 2.94. The molecule has 156 valence electrons. The van der Waals surface area contributed by atoms with Gasteiger partial charge in [0, 0.05) is 24.3 Å². The first-order valence-corrected chi connectivity index (χ1v) is 11.4. The molecule has 1 aliphatic heterocycles. The second-order valence-electron chi connectivity index (χ2n) is 7.41. The summed E-state index contributed by atoms with van der Waals surface area (Å²) in [6.07, 6.45) is 2.75. The van der Waals surface area contributed by atoms with Gasteiger partial charge < -0.3 is 0 Å². The highest BCUT2D eigenvalue weighted by molar-refractivity contribution is 7.89. The number of sulfonamides is 1. The molecule has 0 amide bonds. The zero-order chi connectivity index (χ0) is 21.3. The second-order valence-corrected chi connectivity index (χ2v) is 9.34. The maximum Gasteiger partial charge on any atom is 0.282 e. The molecule has 0 bridgehead atoms. The lowest BCUT2D eigenvalue weighted by atomic mass is 10.0. The summed E-state index contributed by atoms with van der Waals surface area (Å²) in [6, 6.07) is 14.8. The maximum atomic E-state index is 13.0. The van der Waals surface area contributed by atoms with Gasteiger partial charge in [0.05, 0.1) is 10.6 Å². The Kier molecular flexibility index (Phi) is 5.44. The third-order valence-corrected chi connectivity index (χ3v) is 7.30. The zero-order valence-electron chi connectivity index (χ0n) is 16.7. The Bertz CT molecular complexity index is 1220. The number of benzene rings is 2. The molecule has 8 heteroatoms. The number of nitrogens with one attached hydrogen (secondary N) is 1. The van der Waals surface area contributed by atoms with E-state index in [2.05, 4.69) is 5.10 Å². The number of aromatic amines is 1. The van der Waals surface area contributed by atoms with Gasteiger partial charge in [-0.3, -0.25) is 14.7 Å². The molecular formula is C22H23N3O4S. The molecule has 1 aliphatic rings. The van der Waals surface area contributed by atoms with E-state index in [-0.39, 0.29) is 16.0 Å². The summed E-state index contributed by atoms with van der Waals surface area (Å²) in [6.45, 7) is 2.71. The molecule has 0 atom stereocenters. The summed E-state index contributed by atoms with van der Waals surface area (Å²) >= 11 is 0. The molecule has 1 N–H and O–H groups in total. The first kappa shape index (κ1) is 20.3. The largest absolute Gasteiger partial charge is 0.295 e. The predicted octanol–water partition coefficient (Wildman–Crippen LogP) is 2.88. The van der Waals surface area contributed by atoms with Crippen LogP contribution in [0.5, 0.6) is 0 Å². The minimum Gasteiger partial charge on any atom is -0.295 e. The highest BCUT2D eigenvalue weighted by atomic mass is 32.2. The highest BCUT2D eigenvalue weighted by Crippen LogP contribution is 2.21.